The zero-order chi connectivity index (χ0) is 22.4. The third kappa shape index (κ3) is 5.13. The number of para-hydroxylation sites is 1. The molecule has 0 unspecified atom stereocenters. The summed E-state index contributed by atoms with van der Waals surface area (Å²) in [5, 5.41) is 3.63. The highest BCUT2D eigenvalue weighted by molar-refractivity contribution is 5.89. The number of carbonyl (C=O) groups excluding carboxylic acids is 1. The largest absolute Gasteiger partial charge is 0.322 e. The van der Waals surface area contributed by atoms with Crippen molar-refractivity contribution in [1.29, 1.82) is 0 Å². The first kappa shape index (κ1) is 22.5. The van der Waals surface area contributed by atoms with Crippen LogP contribution in [0.25, 0.3) is 10.9 Å². The highest BCUT2D eigenvalue weighted by Gasteiger charge is 2.26. The van der Waals surface area contributed by atoms with E-state index < -0.39 is 0 Å². The number of rotatable bonds is 8. The van der Waals surface area contributed by atoms with Crippen LogP contribution in [0.5, 0.6) is 0 Å². The Labute approximate surface area is 183 Å². The van der Waals surface area contributed by atoms with Crippen LogP contribution in [-0.2, 0) is 6.54 Å². The maximum atomic E-state index is 13.3. The number of nitrogens with one attached hydrogen (secondary N) is 1. The van der Waals surface area contributed by atoms with Crippen LogP contribution >= 0.6 is 0 Å². The number of hydrogen-bond acceptors (Lipinski definition) is 3. The van der Waals surface area contributed by atoms with E-state index in [1.807, 2.05) is 69.3 Å². The maximum Gasteiger partial charge on any atom is 0.322 e. The molecule has 1 aromatic heterocycles. The molecule has 0 aliphatic heterocycles. The molecule has 0 fully saturated rings. The quantitative estimate of drug-likeness (QED) is 0.522. The molecule has 1 N–H and O–H groups in total. The van der Waals surface area contributed by atoms with Crippen LogP contribution in [0.1, 0.15) is 57.5 Å². The third-order valence-electron chi connectivity index (χ3n) is 5.46. The fourth-order valence-corrected chi connectivity index (χ4v) is 3.80. The topological polar surface area (TPSA) is 67.2 Å². The van der Waals surface area contributed by atoms with Crippen LogP contribution in [0.3, 0.4) is 0 Å². The Hall–Kier alpha value is -3.15. The molecule has 0 saturated carbocycles. The summed E-state index contributed by atoms with van der Waals surface area (Å²) in [5.41, 5.74) is 2.45. The Balaban J connectivity index is 2.01. The fraction of sp³-hybridized carbons (Fsp3) is 0.400. The number of anilines is 1. The normalized spacial score (nSPS) is 12.0. The monoisotopic (exact) mass is 420 g/mol. The molecular formula is C25H32N4O2. The zero-order valence-corrected chi connectivity index (χ0v) is 18.9. The zero-order valence-electron chi connectivity index (χ0n) is 18.9. The number of unbranched alkanes of at least 4 members (excludes halogenated alkanes) is 1. The Morgan fingerprint density at radius 1 is 1.13 bits per heavy atom. The number of nitrogens with zero attached hydrogens (tertiary/aromatic N) is 3. The van der Waals surface area contributed by atoms with Crippen LogP contribution in [0, 0.1) is 6.92 Å². The van der Waals surface area contributed by atoms with Gasteiger partial charge in [0.15, 0.2) is 0 Å². The minimum atomic E-state index is -0.347. The second-order valence-electron chi connectivity index (χ2n) is 7.97. The second-order valence-corrected chi connectivity index (χ2v) is 7.97. The molecule has 0 aliphatic rings. The molecular weight excluding hydrogens is 388 g/mol. The smallest absolute Gasteiger partial charge is 0.315 e. The number of benzene rings is 2. The van der Waals surface area contributed by atoms with Gasteiger partial charge in [-0.25, -0.2) is 9.78 Å². The second kappa shape index (κ2) is 10.2. The van der Waals surface area contributed by atoms with Crippen LogP contribution in [0.15, 0.2) is 53.3 Å². The summed E-state index contributed by atoms with van der Waals surface area (Å²) >= 11 is 0. The van der Waals surface area contributed by atoms with Gasteiger partial charge in [-0.15, -0.1) is 0 Å². The SMILES string of the molecule is CCCCN(C(=O)Nc1cccc(C)c1)[C@@H](C)c1nc2ccccc2c(=O)n1CCC. The van der Waals surface area contributed by atoms with Gasteiger partial charge in [0.1, 0.15) is 5.82 Å². The summed E-state index contributed by atoms with van der Waals surface area (Å²) in [6, 6.07) is 14.6. The first-order chi connectivity index (χ1) is 15.0. The highest BCUT2D eigenvalue weighted by atomic mass is 16.2. The van der Waals surface area contributed by atoms with Crippen molar-refractivity contribution in [3.63, 3.8) is 0 Å². The molecule has 0 bridgehead atoms. The van der Waals surface area contributed by atoms with Crippen LogP contribution in [-0.4, -0.2) is 27.0 Å². The predicted octanol–water partition coefficient (Wildman–Crippen LogP) is 5.51. The van der Waals surface area contributed by atoms with E-state index in [4.69, 9.17) is 4.98 Å². The van der Waals surface area contributed by atoms with E-state index in [1.54, 1.807) is 9.47 Å². The minimum Gasteiger partial charge on any atom is -0.315 e. The van der Waals surface area contributed by atoms with Crippen LogP contribution in [0.2, 0.25) is 0 Å². The molecule has 3 rings (SSSR count). The predicted molar refractivity (Wildman–Crippen MR) is 127 cm³/mol. The van der Waals surface area contributed by atoms with Gasteiger partial charge in [-0.3, -0.25) is 9.36 Å². The molecule has 0 saturated heterocycles. The third-order valence-corrected chi connectivity index (χ3v) is 5.46. The lowest BCUT2D eigenvalue weighted by molar-refractivity contribution is 0.187. The molecule has 2 aromatic carbocycles. The lowest BCUT2D eigenvalue weighted by Gasteiger charge is -2.30. The van der Waals surface area contributed by atoms with Crippen molar-refractivity contribution in [3.05, 3.63) is 70.3 Å². The van der Waals surface area contributed by atoms with E-state index >= 15 is 0 Å². The molecule has 0 spiro atoms. The molecule has 1 heterocycles. The van der Waals surface area contributed by atoms with E-state index in [-0.39, 0.29) is 17.6 Å². The van der Waals surface area contributed by atoms with Gasteiger partial charge in [-0.2, -0.15) is 0 Å². The summed E-state index contributed by atoms with van der Waals surface area (Å²) in [7, 11) is 0. The summed E-state index contributed by atoms with van der Waals surface area (Å²) in [6.45, 7) is 9.24. The Kier molecular flexibility index (Phi) is 7.45. The standard InChI is InChI=1S/C25H32N4O2/c1-5-7-16-28(25(31)26-20-12-10-11-18(3)17-20)19(4)23-27-22-14-9-8-13-21(22)24(30)29(23)15-6-2/h8-14,17,19H,5-7,15-16H2,1-4H3,(H,26,31)/t19-/m0/s1. The van der Waals surface area contributed by atoms with Crippen molar-refractivity contribution < 1.29 is 4.79 Å². The van der Waals surface area contributed by atoms with Crippen molar-refractivity contribution in [1.82, 2.24) is 14.5 Å². The molecule has 31 heavy (non-hydrogen) atoms. The molecule has 3 aromatic rings. The number of aryl methyl sites for hydroxylation is 1. The van der Waals surface area contributed by atoms with E-state index in [9.17, 15) is 9.59 Å². The maximum absolute atomic E-state index is 13.3. The number of fused-ring (bicyclic) bond motifs is 1. The van der Waals surface area contributed by atoms with Gasteiger partial charge in [0.2, 0.25) is 0 Å². The van der Waals surface area contributed by atoms with Gasteiger partial charge in [0, 0.05) is 18.8 Å². The van der Waals surface area contributed by atoms with Crippen molar-refractivity contribution in [2.45, 2.75) is 59.5 Å². The first-order valence-electron chi connectivity index (χ1n) is 11.1. The van der Waals surface area contributed by atoms with Crippen molar-refractivity contribution in [2.24, 2.45) is 0 Å². The number of carbonyl (C=O) groups is 1. The van der Waals surface area contributed by atoms with Gasteiger partial charge in [-0.1, -0.05) is 44.5 Å². The average molecular weight is 421 g/mol. The van der Waals surface area contributed by atoms with Gasteiger partial charge < -0.3 is 10.2 Å². The van der Waals surface area contributed by atoms with Crippen LogP contribution < -0.4 is 10.9 Å². The molecule has 0 aliphatic carbocycles. The van der Waals surface area contributed by atoms with Crippen molar-refractivity contribution in [2.75, 3.05) is 11.9 Å². The van der Waals surface area contributed by atoms with E-state index in [2.05, 4.69) is 12.2 Å². The molecule has 0 radical (unpaired) electrons. The molecule has 1 atom stereocenters. The lowest BCUT2D eigenvalue weighted by atomic mass is 10.2. The van der Waals surface area contributed by atoms with Gasteiger partial charge >= 0.3 is 6.03 Å². The molecule has 164 valence electrons. The van der Waals surface area contributed by atoms with E-state index in [0.717, 1.165) is 30.5 Å². The summed E-state index contributed by atoms with van der Waals surface area (Å²) in [6.07, 6.45) is 2.65. The number of aromatic nitrogens is 2. The molecule has 6 heteroatoms. The Bertz CT molecular complexity index is 1110. The number of hydrogen-bond donors (Lipinski definition) is 1. The van der Waals surface area contributed by atoms with E-state index in [1.165, 1.54) is 0 Å². The Morgan fingerprint density at radius 2 is 1.90 bits per heavy atom. The van der Waals surface area contributed by atoms with Crippen LogP contribution in [0.4, 0.5) is 10.5 Å². The molecule has 6 nitrogen and oxygen atoms in total. The van der Waals surface area contributed by atoms with Gasteiger partial charge in [0.05, 0.1) is 16.9 Å². The fourth-order valence-electron chi connectivity index (χ4n) is 3.80. The van der Waals surface area contributed by atoms with E-state index in [0.29, 0.717) is 29.8 Å². The van der Waals surface area contributed by atoms with Gasteiger partial charge in [-0.05, 0) is 56.5 Å². The van der Waals surface area contributed by atoms with Gasteiger partial charge in [0.25, 0.3) is 5.56 Å². The number of urea groups is 1. The average Bonchev–Trinajstić information content (AvgIpc) is 2.76. The summed E-state index contributed by atoms with van der Waals surface area (Å²) < 4.78 is 1.73. The summed E-state index contributed by atoms with van der Waals surface area (Å²) in [5.74, 6) is 0.626. The Morgan fingerprint density at radius 3 is 2.61 bits per heavy atom. The summed E-state index contributed by atoms with van der Waals surface area (Å²) in [4.78, 5) is 33.1. The first-order valence-corrected chi connectivity index (χ1v) is 11.1. The molecule has 2 amide bonds. The van der Waals surface area contributed by atoms with Crippen molar-refractivity contribution >= 4 is 22.6 Å². The lowest BCUT2D eigenvalue weighted by Crippen LogP contribution is -2.40. The van der Waals surface area contributed by atoms with Crippen molar-refractivity contribution in [3.8, 4) is 0 Å². The highest BCUT2D eigenvalue weighted by Crippen LogP contribution is 2.22. The number of amides is 2. The minimum absolute atomic E-state index is 0.0520.